The number of hydrogen-bond donors (Lipinski definition) is 1. The van der Waals surface area contributed by atoms with Gasteiger partial charge in [-0.25, -0.2) is 0 Å². The summed E-state index contributed by atoms with van der Waals surface area (Å²) in [5.74, 6) is 1.78. The van der Waals surface area contributed by atoms with Gasteiger partial charge in [0.1, 0.15) is 17.6 Å². The Balaban J connectivity index is 1.70. The molecule has 3 aromatic rings. The van der Waals surface area contributed by atoms with E-state index < -0.39 is 0 Å². The van der Waals surface area contributed by atoms with Crippen LogP contribution in [0.5, 0.6) is 0 Å². The SMILES string of the molecule is CCCCN1C(=S)N[C@@H](c2ccccn2)[C@H]1c1ccc(-c2ccccc2)o1. The van der Waals surface area contributed by atoms with Gasteiger partial charge in [-0.15, -0.1) is 0 Å². The van der Waals surface area contributed by atoms with Crippen LogP contribution in [0.2, 0.25) is 0 Å². The van der Waals surface area contributed by atoms with Crippen molar-refractivity contribution in [1.29, 1.82) is 0 Å². The lowest BCUT2D eigenvalue weighted by molar-refractivity contribution is 0.271. The van der Waals surface area contributed by atoms with Gasteiger partial charge in [0.2, 0.25) is 0 Å². The summed E-state index contributed by atoms with van der Waals surface area (Å²) in [5.41, 5.74) is 2.05. The first-order chi connectivity index (χ1) is 13.3. The number of unbranched alkanes of at least 4 members (excludes halogenated alkanes) is 1. The van der Waals surface area contributed by atoms with Gasteiger partial charge in [0.25, 0.3) is 0 Å². The standard InChI is InChI=1S/C22H23N3OS/c1-2-3-15-25-21(20(24-22(25)27)17-11-7-8-14-23-17)19-13-12-18(26-19)16-9-5-4-6-10-16/h4-14,20-21H,2-3,15H2,1H3,(H,24,27)/t20-,21+/m0/s1. The van der Waals surface area contributed by atoms with Crippen LogP contribution in [-0.4, -0.2) is 21.5 Å². The molecule has 27 heavy (non-hydrogen) atoms. The molecule has 1 aliphatic heterocycles. The zero-order valence-corrected chi connectivity index (χ0v) is 16.2. The molecule has 2 aromatic heterocycles. The Hall–Kier alpha value is -2.66. The summed E-state index contributed by atoms with van der Waals surface area (Å²) in [6.45, 7) is 3.09. The van der Waals surface area contributed by atoms with Crippen molar-refractivity contribution in [2.45, 2.75) is 31.8 Å². The van der Waals surface area contributed by atoms with Gasteiger partial charge in [-0.1, -0.05) is 49.7 Å². The maximum Gasteiger partial charge on any atom is 0.170 e. The fourth-order valence-corrected chi connectivity index (χ4v) is 3.88. The molecule has 1 aliphatic rings. The Morgan fingerprint density at radius 1 is 1.07 bits per heavy atom. The fourth-order valence-electron chi connectivity index (χ4n) is 3.55. The minimum absolute atomic E-state index is 0.00332. The van der Waals surface area contributed by atoms with Gasteiger partial charge >= 0.3 is 0 Å². The molecule has 1 fully saturated rings. The molecule has 0 amide bonds. The maximum atomic E-state index is 6.29. The number of benzene rings is 1. The molecule has 138 valence electrons. The monoisotopic (exact) mass is 377 g/mol. The van der Waals surface area contributed by atoms with Gasteiger partial charge in [-0.3, -0.25) is 4.98 Å². The van der Waals surface area contributed by atoms with Crippen LogP contribution in [0.3, 0.4) is 0 Å². The first-order valence-electron chi connectivity index (χ1n) is 9.41. The van der Waals surface area contributed by atoms with Crippen LogP contribution in [0, 0.1) is 0 Å². The van der Waals surface area contributed by atoms with Crippen LogP contribution in [0.25, 0.3) is 11.3 Å². The molecular formula is C22H23N3OS. The molecule has 1 N–H and O–H groups in total. The van der Waals surface area contributed by atoms with E-state index in [0.717, 1.165) is 47.3 Å². The quantitative estimate of drug-likeness (QED) is 0.604. The van der Waals surface area contributed by atoms with E-state index in [0.29, 0.717) is 0 Å². The Labute approximate surface area is 165 Å². The first-order valence-corrected chi connectivity index (χ1v) is 9.82. The molecular weight excluding hydrogens is 354 g/mol. The summed E-state index contributed by atoms with van der Waals surface area (Å²) < 4.78 is 6.29. The number of nitrogens with zero attached hydrogens (tertiary/aromatic N) is 2. The Bertz CT molecular complexity index is 894. The Morgan fingerprint density at radius 2 is 1.89 bits per heavy atom. The second-order valence-corrected chi connectivity index (χ2v) is 7.13. The van der Waals surface area contributed by atoms with E-state index in [1.807, 2.05) is 48.7 Å². The van der Waals surface area contributed by atoms with Crippen LogP contribution in [0.4, 0.5) is 0 Å². The minimum Gasteiger partial charge on any atom is -0.459 e. The summed E-state index contributed by atoms with van der Waals surface area (Å²) in [7, 11) is 0. The van der Waals surface area contributed by atoms with Crippen LogP contribution in [0.1, 0.15) is 43.3 Å². The van der Waals surface area contributed by atoms with Gasteiger partial charge in [0.15, 0.2) is 5.11 Å². The molecule has 0 aliphatic carbocycles. The molecule has 4 rings (SSSR count). The second-order valence-electron chi connectivity index (χ2n) is 6.74. The van der Waals surface area contributed by atoms with Crippen molar-refractivity contribution in [1.82, 2.24) is 15.2 Å². The number of thiocarbonyl (C=S) groups is 1. The van der Waals surface area contributed by atoms with Crippen LogP contribution >= 0.6 is 12.2 Å². The lowest BCUT2D eigenvalue weighted by Gasteiger charge is -2.25. The molecule has 1 saturated heterocycles. The Morgan fingerprint density at radius 3 is 2.63 bits per heavy atom. The lowest BCUT2D eigenvalue weighted by atomic mass is 10.0. The highest BCUT2D eigenvalue weighted by Gasteiger charge is 2.41. The van der Waals surface area contributed by atoms with Gasteiger partial charge in [-0.05, 0) is 42.9 Å². The van der Waals surface area contributed by atoms with E-state index in [9.17, 15) is 0 Å². The van der Waals surface area contributed by atoms with Crippen LogP contribution < -0.4 is 5.32 Å². The summed E-state index contributed by atoms with van der Waals surface area (Å²) in [6, 6.07) is 20.2. The molecule has 0 bridgehead atoms. The highest BCUT2D eigenvalue weighted by atomic mass is 32.1. The number of nitrogens with one attached hydrogen (secondary N) is 1. The van der Waals surface area contributed by atoms with Crippen molar-refractivity contribution in [2.75, 3.05) is 6.54 Å². The average molecular weight is 378 g/mol. The molecule has 0 saturated carbocycles. The van der Waals surface area contributed by atoms with Gasteiger partial charge in [0.05, 0.1) is 11.7 Å². The molecule has 0 spiro atoms. The molecule has 3 heterocycles. The number of rotatable bonds is 6. The average Bonchev–Trinajstić information content (AvgIpc) is 3.32. The Kier molecular flexibility index (Phi) is 5.21. The zero-order valence-electron chi connectivity index (χ0n) is 15.3. The third kappa shape index (κ3) is 3.60. The smallest absolute Gasteiger partial charge is 0.170 e. The molecule has 5 heteroatoms. The van der Waals surface area contributed by atoms with Crippen molar-refractivity contribution in [3.63, 3.8) is 0 Å². The summed E-state index contributed by atoms with van der Waals surface area (Å²) in [6.07, 6.45) is 4.02. The topological polar surface area (TPSA) is 41.3 Å². The normalized spacial score (nSPS) is 19.3. The van der Waals surface area contributed by atoms with E-state index in [1.165, 1.54) is 0 Å². The van der Waals surface area contributed by atoms with E-state index in [2.05, 4.69) is 40.3 Å². The van der Waals surface area contributed by atoms with E-state index in [-0.39, 0.29) is 12.1 Å². The van der Waals surface area contributed by atoms with Crippen molar-refractivity contribution in [3.8, 4) is 11.3 Å². The third-order valence-electron chi connectivity index (χ3n) is 4.93. The predicted molar refractivity (Wildman–Crippen MR) is 111 cm³/mol. The van der Waals surface area contributed by atoms with E-state index in [4.69, 9.17) is 16.6 Å². The van der Waals surface area contributed by atoms with Crippen molar-refractivity contribution in [3.05, 3.63) is 78.3 Å². The number of pyridine rings is 1. The van der Waals surface area contributed by atoms with E-state index in [1.54, 1.807) is 0 Å². The molecule has 1 aromatic carbocycles. The lowest BCUT2D eigenvalue weighted by Crippen LogP contribution is -2.30. The maximum absolute atomic E-state index is 6.29. The molecule has 0 unspecified atom stereocenters. The zero-order chi connectivity index (χ0) is 18.6. The van der Waals surface area contributed by atoms with Gasteiger partial charge in [0, 0.05) is 18.3 Å². The van der Waals surface area contributed by atoms with Crippen molar-refractivity contribution < 1.29 is 4.42 Å². The van der Waals surface area contributed by atoms with Crippen molar-refractivity contribution in [2.24, 2.45) is 0 Å². The number of aromatic nitrogens is 1. The molecule has 2 atom stereocenters. The fraction of sp³-hybridized carbons (Fsp3) is 0.273. The summed E-state index contributed by atoms with van der Waals surface area (Å²) in [4.78, 5) is 6.80. The van der Waals surface area contributed by atoms with E-state index >= 15 is 0 Å². The second kappa shape index (κ2) is 7.92. The van der Waals surface area contributed by atoms with Crippen LogP contribution in [0.15, 0.2) is 71.3 Å². The van der Waals surface area contributed by atoms with Crippen molar-refractivity contribution >= 4 is 17.3 Å². The molecule has 4 nitrogen and oxygen atoms in total. The van der Waals surface area contributed by atoms with Gasteiger partial charge < -0.3 is 14.6 Å². The minimum atomic E-state index is -0.0228. The van der Waals surface area contributed by atoms with Crippen LogP contribution in [-0.2, 0) is 0 Å². The largest absolute Gasteiger partial charge is 0.459 e. The highest BCUT2D eigenvalue weighted by molar-refractivity contribution is 7.80. The highest BCUT2D eigenvalue weighted by Crippen LogP contribution is 2.40. The third-order valence-corrected chi connectivity index (χ3v) is 5.28. The summed E-state index contributed by atoms with van der Waals surface area (Å²) >= 11 is 5.65. The molecule has 0 radical (unpaired) electrons. The predicted octanol–water partition coefficient (Wildman–Crippen LogP) is 5.11. The summed E-state index contributed by atoms with van der Waals surface area (Å²) in [5, 5.41) is 4.23. The first kappa shape index (κ1) is 17.7. The number of hydrogen-bond acceptors (Lipinski definition) is 3. The number of furan rings is 1. The van der Waals surface area contributed by atoms with Gasteiger partial charge in [-0.2, -0.15) is 0 Å².